The second kappa shape index (κ2) is 6.18. The summed E-state index contributed by atoms with van der Waals surface area (Å²) in [5.74, 6) is -0.252. The lowest BCUT2D eigenvalue weighted by Gasteiger charge is -2.15. The van der Waals surface area contributed by atoms with Gasteiger partial charge in [0.1, 0.15) is 5.75 Å². The highest BCUT2D eigenvalue weighted by molar-refractivity contribution is 5.77. The van der Waals surface area contributed by atoms with E-state index in [1.165, 1.54) is 34.4 Å². The van der Waals surface area contributed by atoms with E-state index in [0.717, 1.165) is 17.5 Å². The van der Waals surface area contributed by atoms with Crippen LogP contribution in [0.2, 0.25) is 0 Å². The molecular formula is C21H16F3NO. The van der Waals surface area contributed by atoms with Crippen molar-refractivity contribution in [2.24, 2.45) is 5.73 Å². The first-order valence-corrected chi connectivity index (χ1v) is 8.23. The topological polar surface area (TPSA) is 35.2 Å². The highest BCUT2D eigenvalue weighted by Crippen LogP contribution is 2.38. The Kier molecular flexibility index (Phi) is 3.96. The molecule has 1 atom stereocenters. The molecule has 0 spiro atoms. The van der Waals surface area contributed by atoms with Gasteiger partial charge in [0.05, 0.1) is 6.04 Å². The lowest BCUT2D eigenvalue weighted by Crippen LogP contribution is -2.17. The zero-order chi connectivity index (χ0) is 18.3. The molecule has 0 saturated heterocycles. The fraction of sp³-hybridized carbons (Fsp3) is 0.143. The van der Waals surface area contributed by atoms with E-state index in [9.17, 15) is 13.2 Å². The predicted molar refractivity (Wildman–Crippen MR) is 93.8 cm³/mol. The molecular weight excluding hydrogens is 339 g/mol. The van der Waals surface area contributed by atoms with Crippen molar-refractivity contribution in [1.29, 1.82) is 0 Å². The van der Waals surface area contributed by atoms with E-state index in [1.807, 2.05) is 18.2 Å². The van der Waals surface area contributed by atoms with Gasteiger partial charge in [-0.05, 0) is 51.9 Å². The van der Waals surface area contributed by atoms with Crippen LogP contribution in [0.5, 0.6) is 5.75 Å². The summed E-state index contributed by atoms with van der Waals surface area (Å²) < 4.78 is 40.7. The maximum Gasteiger partial charge on any atom is 0.573 e. The van der Waals surface area contributed by atoms with Crippen LogP contribution in [0.1, 0.15) is 28.3 Å². The van der Waals surface area contributed by atoms with E-state index in [2.05, 4.69) is 29.0 Å². The van der Waals surface area contributed by atoms with Gasteiger partial charge in [-0.1, -0.05) is 54.6 Å². The second-order valence-electron chi connectivity index (χ2n) is 6.35. The molecule has 0 aromatic heterocycles. The Morgan fingerprint density at radius 3 is 2.19 bits per heavy atom. The molecule has 0 saturated carbocycles. The molecule has 1 aliphatic rings. The SMILES string of the molecule is N[C@@H](c1ccc(OC(F)(F)F)cc1)c1ccc2c(c1)Cc1ccccc1-2. The molecule has 3 aromatic carbocycles. The van der Waals surface area contributed by atoms with Gasteiger partial charge in [-0.25, -0.2) is 0 Å². The Bertz CT molecular complexity index is 948. The van der Waals surface area contributed by atoms with E-state index in [-0.39, 0.29) is 5.75 Å². The van der Waals surface area contributed by atoms with Gasteiger partial charge in [-0.2, -0.15) is 0 Å². The van der Waals surface area contributed by atoms with Crippen molar-refractivity contribution in [3.63, 3.8) is 0 Å². The fourth-order valence-electron chi connectivity index (χ4n) is 3.43. The zero-order valence-electron chi connectivity index (χ0n) is 13.8. The largest absolute Gasteiger partial charge is 0.573 e. The van der Waals surface area contributed by atoms with Crippen molar-refractivity contribution in [2.75, 3.05) is 0 Å². The standard InChI is InChI=1S/C21H16F3NO/c22-21(23,24)26-17-8-5-13(6-9-17)20(25)15-7-10-19-16(12-15)11-14-3-1-2-4-18(14)19/h1-10,12,20H,11,25H2/t20-/m0/s1. The molecule has 26 heavy (non-hydrogen) atoms. The van der Waals surface area contributed by atoms with Crippen LogP contribution in [0.15, 0.2) is 66.7 Å². The number of rotatable bonds is 3. The third kappa shape index (κ3) is 3.18. The average molecular weight is 355 g/mol. The highest BCUT2D eigenvalue weighted by Gasteiger charge is 2.31. The van der Waals surface area contributed by atoms with Gasteiger partial charge in [0.15, 0.2) is 0 Å². The van der Waals surface area contributed by atoms with Gasteiger partial charge in [-0.15, -0.1) is 13.2 Å². The number of nitrogens with two attached hydrogens (primary N) is 1. The van der Waals surface area contributed by atoms with E-state index in [0.29, 0.717) is 0 Å². The third-order valence-corrected chi connectivity index (χ3v) is 4.65. The van der Waals surface area contributed by atoms with Crippen LogP contribution < -0.4 is 10.5 Å². The summed E-state index contributed by atoms with van der Waals surface area (Å²) in [5, 5.41) is 0. The lowest BCUT2D eigenvalue weighted by molar-refractivity contribution is -0.274. The van der Waals surface area contributed by atoms with Crippen LogP contribution in [-0.2, 0) is 6.42 Å². The second-order valence-corrected chi connectivity index (χ2v) is 6.35. The first-order chi connectivity index (χ1) is 12.4. The molecule has 0 heterocycles. The Morgan fingerprint density at radius 2 is 1.46 bits per heavy atom. The van der Waals surface area contributed by atoms with Crippen molar-refractivity contribution >= 4 is 0 Å². The quantitative estimate of drug-likeness (QED) is 0.548. The molecule has 0 fully saturated rings. The van der Waals surface area contributed by atoms with Crippen LogP contribution in [0.3, 0.4) is 0 Å². The summed E-state index contributed by atoms with van der Waals surface area (Å²) in [6.45, 7) is 0. The summed E-state index contributed by atoms with van der Waals surface area (Å²) in [4.78, 5) is 0. The van der Waals surface area contributed by atoms with E-state index in [4.69, 9.17) is 5.73 Å². The minimum atomic E-state index is -4.70. The molecule has 4 rings (SSSR count). The van der Waals surface area contributed by atoms with E-state index < -0.39 is 12.4 Å². The molecule has 1 aliphatic carbocycles. The monoisotopic (exact) mass is 355 g/mol. The molecule has 5 heteroatoms. The third-order valence-electron chi connectivity index (χ3n) is 4.65. The summed E-state index contributed by atoms with van der Waals surface area (Å²) in [6.07, 6.45) is -3.83. The number of alkyl halides is 3. The Morgan fingerprint density at radius 1 is 0.808 bits per heavy atom. The van der Waals surface area contributed by atoms with Crippen LogP contribution in [-0.4, -0.2) is 6.36 Å². The molecule has 3 aromatic rings. The Balaban J connectivity index is 1.58. The summed E-state index contributed by atoms with van der Waals surface area (Å²) in [6, 6.07) is 19.7. The smallest absolute Gasteiger partial charge is 0.406 e. The number of fused-ring (bicyclic) bond motifs is 3. The van der Waals surface area contributed by atoms with Crippen molar-refractivity contribution in [1.82, 2.24) is 0 Å². The molecule has 0 aliphatic heterocycles. The lowest BCUT2D eigenvalue weighted by atomic mass is 9.95. The van der Waals surface area contributed by atoms with Gasteiger partial charge in [0.25, 0.3) is 0 Å². The minimum absolute atomic E-state index is 0.252. The van der Waals surface area contributed by atoms with Gasteiger partial charge >= 0.3 is 6.36 Å². The van der Waals surface area contributed by atoms with Crippen LogP contribution >= 0.6 is 0 Å². The van der Waals surface area contributed by atoms with Crippen LogP contribution in [0, 0.1) is 0 Å². The molecule has 2 nitrogen and oxygen atoms in total. The molecule has 0 unspecified atom stereocenters. The number of hydrogen-bond donors (Lipinski definition) is 1. The average Bonchev–Trinajstić information content (AvgIpc) is 2.98. The number of benzene rings is 3. The molecule has 0 amide bonds. The van der Waals surface area contributed by atoms with Gasteiger partial charge in [0, 0.05) is 0 Å². The summed E-state index contributed by atoms with van der Waals surface area (Å²) >= 11 is 0. The molecule has 0 radical (unpaired) electrons. The molecule has 132 valence electrons. The van der Waals surface area contributed by atoms with Crippen LogP contribution in [0.25, 0.3) is 11.1 Å². The first kappa shape index (κ1) is 16.7. The van der Waals surface area contributed by atoms with E-state index >= 15 is 0 Å². The normalized spacial score (nSPS) is 13.8. The fourth-order valence-corrected chi connectivity index (χ4v) is 3.43. The van der Waals surface area contributed by atoms with Gasteiger partial charge in [-0.3, -0.25) is 0 Å². The molecule has 2 N–H and O–H groups in total. The maximum atomic E-state index is 12.3. The number of hydrogen-bond acceptors (Lipinski definition) is 2. The predicted octanol–water partition coefficient (Wildman–Crippen LogP) is 5.20. The molecule has 0 bridgehead atoms. The van der Waals surface area contributed by atoms with Gasteiger partial charge in [0.2, 0.25) is 0 Å². The van der Waals surface area contributed by atoms with Crippen molar-refractivity contribution in [3.05, 3.63) is 89.0 Å². The van der Waals surface area contributed by atoms with Crippen LogP contribution in [0.4, 0.5) is 13.2 Å². The van der Waals surface area contributed by atoms with Gasteiger partial charge < -0.3 is 10.5 Å². The van der Waals surface area contributed by atoms with E-state index in [1.54, 1.807) is 12.1 Å². The number of ether oxygens (including phenoxy) is 1. The van der Waals surface area contributed by atoms with Crippen molar-refractivity contribution in [2.45, 2.75) is 18.8 Å². The first-order valence-electron chi connectivity index (χ1n) is 8.23. The minimum Gasteiger partial charge on any atom is -0.406 e. The van der Waals surface area contributed by atoms with Crippen molar-refractivity contribution in [3.8, 4) is 16.9 Å². The maximum absolute atomic E-state index is 12.3. The van der Waals surface area contributed by atoms with Crippen molar-refractivity contribution < 1.29 is 17.9 Å². The Hall–Kier alpha value is -2.79. The number of halogens is 3. The Labute approximate surface area is 149 Å². The highest BCUT2D eigenvalue weighted by atomic mass is 19.4. The summed E-state index contributed by atoms with van der Waals surface area (Å²) in [5.41, 5.74) is 13.0. The summed E-state index contributed by atoms with van der Waals surface area (Å²) in [7, 11) is 0. The zero-order valence-corrected chi connectivity index (χ0v) is 13.8.